The molecule has 0 aliphatic carbocycles. The largest absolute Gasteiger partial charge is 1.00 e. The van der Waals surface area contributed by atoms with E-state index in [-0.39, 0.29) is 217 Å². The quantitative estimate of drug-likeness (QED) is 0.0307. The van der Waals surface area contributed by atoms with Gasteiger partial charge in [0.15, 0.2) is 23.4 Å². The number of aliphatic hydroxyl groups is 1. The van der Waals surface area contributed by atoms with Crippen LogP contribution in [-0.4, -0.2) is 181 Å². The topological polar surface area (TPSA) is 493 Å². The molecule has 2 saturated heterocycles. The fourth-order valence-electron chi connectivity index (χ4n) is 4.71. The van der Waals surface area contributed by atoms with Gasteiger partial charge in [-0.1, -0.05) is 6.92 Å². The van der Waals surface area contributed by atoms with Gasteiger partial charge in [0, 0.05) is 5.25 Å². The number of aliphatic hydroxyl groups excluding tert-OH is 1. The van der Waals surface area contributed by atoms with Crippen LogP contribution < -0.4 is 207 Å². The van der Waals surface area contributed by atoms with E-state index in [0.717, 1.165) is 6.92 Å². The van der Waals surface area contributed by atoms with Crippen LogP contribution in [0, 0.1) is 0 Å². The summed E-state index contributed by atoms with van der Waals surface area (Å²) in [5.41, 5.74) is 0. The Labute approximate surface area is 536 Å². The molecule has 0 aromatic carbocycles. The van der Waals surface area contributed by atoms with Crippen molar-refractivity contribution in [1.29, 1.82) is 0 Å². The van der Waals surface area contributed by atoms with Crippen LogP contribution in [0.4, 0.5) is 0 Å². The Hall–Kier alpha value is 6.63. The van der Waals surface area contributed by atoms with Crippen LogP contribution in [0.1, 0.15) is 16.9 Å². The second-order valence-electron chi connectivity index (χ2n) is 10.6. The number of rotatable bonds is 20. The van der Waals surface area contributed by atoms with Crippen LogP contribution >= 0.6 is 25.3 Å². The molecule has 0 spiro atoms. The molecule has 2 aliphatic heterocycles. The maximum Gasteiger partial charge on any atom is 1.00 e. The van der Waals surface area contributed by atoms with Gasteiger partial charge >= 0.3 is 280 Å². The van der Waals surface area contributed by atoms with Gasteiger partial charge in [-0.15, -0.1) is 12.6 Å². The van der Waals surface area contributed by atoms with Crippen molar-refractivity contribution >= 4 is 98.1 Å². The van der Waals surface area contributed by atoms with Gasteiger partial charge in [0.25, 0.3) is 0 Å². The first-order valence-corrected chi connectivity index (χ1v) is 23.8. The molecule has 2 fully saturated rings. The van der Waals surface area contributed by atoms with Crippen molar-refractivity contribution in [3.05, 3.63) is 0 Å². The summed E-state index contributed by atoms with van der Waals surface area (Å²) in [7, 11) is -41.7. The molecule has 2 aliphatic rings. The maximum absolute atomic E-state index is 12.1. The van der Waals surface area contributed by atoms with E-state index in [0.29, 0.717) is 0 Å². The van der Waals surface area contributed by atoms with Gasteiger partial charge in [-0.2, -0.15) is 71.6 Å². The van der Waals surface area contributed by atoms with Gasteiger partial charge in [0.2, 0.25) is 0 Å². The first kappa shape index (κ1) is 81.0. The number of ether oxygens (including phenoxy) is 3. The van der Waals surface area contributed by atoms with E-state index in [1.807, 2.05) is 0 Å². The molecule has 2 heterocycles. The molecule has 0 radical (unpaired) electrons. The van der Waals surface area contributed by atoms with Crippen molar-refractivity contribution in [1.82, 2.24) is 0 Å². The van der Waals surface area contributed by atoms with E-state index in [2.05, 4.69) is 54.5 Å². The van der Waals surface area contributed by atoms with E-state index in [1.54, 1.807) is 0 Å². The Kier molecular flexibility index (Phi) is 40.7. The van der Waals surface area contributed by atoms with Gasteiger partial charge in [0.05, 0.1) is 13.2 Å². The molecule has 2 rings (SSSR count). The molecule has 12 atom stereocenters. The normalized spacial score (nSPS) is 29.2. The van der Waals surface area contributed by atoms with Crippen molar-refractivity contribution in [3.8, 4) is 0 Å². The summed E-state index contributed by atoms with van der Waals surface area (Å²) in [5, 5.41) is 9.38. The smallest absolute Gasteiger partial charge is 1.00 e. The number of hydrogen-bond donors (Lipinski definition) is 10. The molecule has 2 unspecified atom stereocenters. The molecular formula is C15H35Na7O32S9. The summed E-state index contributed by atoms with van der Waals surface area (Å²) in [5.74, 6) is 0. The predicted molar refractivity (Wildman–Crippen MR) is 179 cm³/mol. The minimum atomic E-state index is -6.14. The van der Waals surface area contributed by atoms with Crippen molar-refractivity contribution in [3.63, 3.8) is 0 Å². The average molecular weight is 1180 g/mol. The monoisotopic (exact) mass is 1180 g/mol. The van der Waals surface area contributed by atoms with Gasteiger partial charge in [-0.05, 0) is 0 Å². The van der Waals surface area contributed by atoms with E-state index >= 15 is 0 Å². The Bertz CT molecular complexity index is 2230. The van der Waals surface area contributed by atoms with Crippen molar-refractivity contribution < 1.29 is 356 Å². The molecule has 32 nitrogen and oxygen atoms in total. The first-order chi connectivity index (χ1) is 24.7. The summed E-state index contributed by atoms with van der Waals surface area (Å²) >= 11 is 7.77. The minimum absolute atomic E-state index is 0. The number of hydrogen-bond acceptors (Lipinski definition) is 27. The molecule has 0 aromatic heterocycles. The predicted octanol–water partition coefficient (Wildman–Crippen LogP) is -25.8. The molecule has 63 heavy (non-hydrogen) atoms. The summed E-state index contributed by atoms with van der Waals surface area (Å²) in [6.45, 7) is -2.65. The fraction of sp³-hybridized carbons (Fsp3) is 1.00. The SMILES string of the molecule is CC(S)C(O)[C@]1(S)O[C@H](COS(=O)(=O)O)[C@@H](O[C@@H]2O[C@H](COS(=O)(=O)O)[C@@H](OS(=O)(=O)O)[C@H](OS(=O)(=O)O)[C@H]2OS(=O)(=O)O)[C@H](OS(=O)(=O)O)[C@H]1OS(=O)(=O)O.[H-].[H-].[H-].[H-].[H-].[H-].[H-].[Na+].[Na+].[Na+].[Na+].[Na+].[Na+].[Na+]. The zero-order chi connectivity index (χ0) is 43.8. The molecule has 0 amide bonds. The summed E-state index contributed by atoms with van der Waals surface area (Å²) in [6, 6.07) is 0. The van der Waals surface area contributed by atoms with Crippen molar-refractivity contribution in [2.45, 2.75) is 78.3 Å². The van der Waals surface area contributed by atoms with Crippen molar-refractivity contribution in [2.75, 3.05) is 13.2 Å². The van der Waals surface area contributed by atoms with Gasteiger partial charge in [-0.3, -0.25) is 31.9 Å². The number of thiol groups is 2. The Balaban J connectivity index is -0.000000211. The molecule has 8 N–H and O–H groups in total. The molecule has 0 saturated carbocycles. The van der Waals surface area contributed by atoms with Crippen molar-refractivity contribution in [2.24, 2.45) is 0 Å². The van der Waals surface area contributed by atoms with E-state index in [1.165, 1.54) is 0 Å². The first-order valence-electron chi connectivity index (χ1n) is 13.3. The summed E-state index contributed by atoms with van der Waals surface area (Å²) in [6.07, 6.45) is -30.1. The van der Waals surface area contributed by atoms with E-state index in [4.69, 9.17) is 18.8 Å². The van der Waals surface area contributed by atoms with E-state index in [9.17, 15) is 91.3 Å². The Morgan fingerprint density at radius 2 is 0.857 bits per heavy atom. The molecule has 348 valence electrons. The second-order valence-corrected chi connectivity index (χ2v) is 19.5. The zero-order valence-electron chi connectivity index (χ0n) is 40.4. The summed E-state index contributed by atoms with van der Waals surface area (Å²) < 4.78 is 275. The molecule has 48 heteroatoms. The van der Waals surface area contributed by atoms with Crippen LogP contribution in [0.2, 0.25) is 0 Å². The maximum atomic E-state index is 12.1. The Morgan fingerprint density at radius 3 is 1.21 bits per heavy atom. The second kappa shape index (κ2) is 31.6. The minimum Gasteiger partial charge on any atom is -1.00 e. The zero-order valence-corrected chi connectivity index (χ0v) is 54.9. The van der Waals surface area contributed by atoms with Crippen LogP contribution in [0.15, 0.2) is 0 Å². The van der Waals surface area contributed by atoms with Gasteiger partial charge in [-0.25, -0.2) is 29.3 Å². The van der Waals surface area contributed by atoms with Crippen LogP contribution in [0.5, 0.6) is 0 Å². The average Bonchev–Trinajstić information content (AvgIpc) is 2.92. The van der Waals surface area contributed by atoms with E-state index < -0.39 is 157 Å². The van der Waals surface area contributed by atoms with Gasteiger partial charge in [0.1, 0.15) is 42.7 Å². The van der Waals surface area contributed by atoms with Gasteiger partial charge < -0.3 is 29.3 Å². The third-order valence-corrected chi connectivity index (χ3v) is 10.5. The Morgan fingerprint density at radius 1 is 0.524 bits per heavy atom. The van der Waals surface area contributed by atoms with Crippen LogP contribution in [0.3, 0.4) is 0 Å². The molecule has 0 aromatic rings. The van der Waals surface area contributed by atoms with Crippen LogP contribution in [-0.2, 0) is 116 Å². The third kappa shape index (κ3) is 30.1. The van der Waals surface area contributed by atoms with Crippen LogP contribution in [0.25, 0.3) is 0 Å². The standard InChI is InChI=1S/C15H28O32S9.7Na.7H/c1-4(48)12(16)15(49)13(47-56(35,36)37)10(45-54(29,30)31)7(6(42-15)3-39-51(20,21)22)41-14-11(46-55(32,33)34)9(44-53(26,27)28)8(43-52(23,24)25)5(40-14)2-38-50(17,18)19;;;;;;;;;;;;;;/h4-14,16,48-49H,2-3H2,1H3,(H,17,18,19)(H,20,21,22)(H,23,24,25)(H,26,27,28)(H,29,30,31)(H,32,33,34)(H,35,36,37);;;;;;;;;;;;;;/q;7*+1;7*-1/t4?,5-,6-,7-,8-,9+,10+,11-,12?,13-,14+,15-;;;;;;;;;;;;;;/m1............../s1. The molecule has 0 bridgehead atoms. The summed E-state index contributed by atoms with van der Waals surface area (Å²) in [4.78, 5) is -3.23. The fourth-order valence-corrected chi connectivity index (χ4v) is 8.79. The third-order valence-electron chi connectivity index (χ3n) is 6.42. The molecular weight excluding hydrogens is 1140 g/mol.